The molecule has 0 aliphatic heterocycles. The Bertz CT molecular complexity index is 1180. The number of nitrogens with one attached hydrogen (secondary N) is 1. The molecule has 5 nitrogen and oxygen atoms in total. The first-order valence-corrected chi connectivity index (χ1v) is 9.10. The Kier molecular flexibility index (Phi) is 4.48. The Morgan fingerprint density at radius 2 is 1.93 bits per heavy atom. The lowest BCUT2D eigenvalue weighted by Crippen LogP contribution is -2.10. The summed E-state index contributed by atoms with van der Waals surface area (Å²) in [5.41, 5.74) is 1.48. The van der Waals surface area contributed by atoms with E-state index < -0.39 is 0 Å². The quantitative estimate of drug-likeness (QED) is 0.556. The summed E-state index contributed by atoms with van der Waals surface area (Å²) in [6.07, 6.45) is 0. The molecule has 4 aromatic rings. The highest BCUT2D eigenvalue weighted by Crippen LogP contribution is 2.31. The van der Waals surface area contributed by atoms with E-state index in [0.717, 1.165) is 0 Å². The van der Waals surface area contributed by atoms with Gasteiger partial charge in [-0.05, 0) is 35.7 Å². The number of rotatable bonds is 4. The Labute approximate surface area is 158 Å². The van der Waals surface area contributed by atoms with E-state index in [0.29, 0.717) is 38.6 Å². The van der Waals surface area contributed by atoms with E-state index in [9.17, 15) is 9.59 Å². The number of benzene rings is 2. The zero-order valence-corrected chi connectivity index (χ0v) is 15.2. The topological polar surface area (TPSA) is 68.5 Å². The maximum Gasteiger partial charge on any atom is 0.265 e. The van der Waals surface area contributed by atoms with E-state index in [2.05, 4.69) is 5.32 Å². The molecule has 0 unspecified atom stereocenters. The summed E-state index contributed by atoms with van der Waals surface area (Å²) in [5.74, 6) is 0.821. The van der Waals surface area contributed by atoms with Crippen LogP contribution in [-0.2, 0) is 0 Å². The highest BCUT2D eigenvalue weighted by atomic mass is 32.1. The van der Waals surface area contributed by atoms with Gasteiger partial charge in [0.1, 0.15) is 17.1 Å². The summed E-state index contributed by atoms with van der Waals surface area (Å²) >= 11 is 1.36. The van der Waals surface area contributed by atoms with Crippen LogP contribution >= 0.6 is 11.3 Å². The number of anilines is 1. The second-order valence-electron chi connectivity index (χ2n) is 5.82. The molecule has 0 saturated carbocycles. The third-order valence-corrected chi connectivity index (χ3v) is 4.97. The number of carbonyl (C=O) groups excluding carboxylic acids is 1. The Morgan fingerprint density at radius 1 is 1.07 bits per heavy atom. The first-order chi connectivity index (χ1) is 13.2. The van der Waals surface area contributed by atoms with Crippen LogP contribution in [0.1, 0.15) is 9.67 Å². The highest BCUT2D eigenvalue weighted by molar-refractivity contribution is 7.12. The molecular formula is C21H15NO4S. The minimum absolute atomic E-state index is 0.159. The van der Waals surface area contributed by atoms with Crippen LogP contribution < -0.4 is 15.5 Å². The predicted molar refractivity (Wildman–Crippen MR) is 107 cm³/mol. The van der Waals surface area contributed by atoms with Gasteiger partial charge in [-0.25, -0.2) is 0 Å². The molecule has 2 heterocycles. The fraction of sp³-hybridized carbons (Fsp3) is 0.0476. The standard InChI is InChI=1S/C21H15NO4S/c1-25-17-6-3-2-5-15(17)19-12-16(23)14-9-8-13(11-18(14)26-19)22-21(24)20-7-4-10-27-20/h2-12H,1H3,(H,22,24). The van der Waals surface area contributed by atoms with Gasteiger partial charge in [-0.1, -0.05) is 18.2 Å². The lowest BCUT2D eigenvalue weighted by Gasteiger charge is -2.09. The molecule has 0 aliphatic rings. The molecule has 6 heteroatoms. The van der Waals surface area contributed by atoms with E-state index >= 15 is 0 Å². The van der Waals surface area contributed by atoms with Crippen molar-refractivity contribution < 1.29 is 13.9 Å². The number of methoxy groups -OCH3 is 1. The van der Waals surface area contributed by atoms with Crippen molar-refractivity contribution in [2.45, 2.75) is 0 Å². The average molecular weight is 377 g/mol. The van der Waals surface area contributed by atoms with Gasteiger partial charge >= 0.3 is 0 Å². The zero-order chi connectivity index (χ0) is 18.8. The summed E-state index contributed by atoms with van der Waals surface area (Å²) < 4.78 is 11.3. The number of amides is 1. The lowest BCUT2D eigenvalue weighted by molar-refractivity contribution is 0.103. The van der Waals surface area contributed by atoms with Gasteiger partial charge in [0.25, 0.3) is 5.91 Å². The van der Waals surface area contributed by atoms with Crippen molar-refractivity contribution in [3.8, 4) is 17.1 Å². The van der Waals surface area contributed by atoms with Crippen molar-refractivity contribution in [2.75, 3.05) is 12.4 Å². The molecule has 0 saturated heterocycles. The van der Waals surface area contributed by atoms with Crippen LogP contribution in [0.4, 0.5) is 5.69 Å². The molecule has 2 aromatic carbocycles. The number of hydrogen-bond donors (Lipinski definition) is 1. The van der Waals surface area contributed by atoms with Gasteiger partial charge in [0.2, 0.25) is 0 Å². The number of carbonyl (C=O) groups is 1. The molecule has 0 fully saturated rings. The number of para-hydroxylation sites is 1. The van der Waals surface area contributed by atoms with Crippen molar-refractivity contribution in [3.63, 3.8) is 0 Å². The number of hydrogen-bond acceptors (Lipinski definition) is 5. The largest absolute Gasteiger partial charge is 0.496 e. The number of thiophene rings is 1. The van der Waals surface area contributed by atoms with Crippen LogP contribution in [0, 0.1) is 0 Å². The summed E-state index contributed by atoms with van der Waals surface area (Å²) in [6.45, 7) is 0. The van der Waals surface area contributed by atoms with Crippen LogP contribution in [0.2, 0.25) is 0 Å². The van der Waals surface area contributed by atoms with Crippen LogP contribution in [0.15, 0.2) is 75.3 Å². The Morgan fingerprint density at radius 3 is 2.70 bits per heavy atom. The monoisotopic (exact) mass is 377 g/mol. The highest BCUT2D eigenvalue weighted by Gasteiger charge is 2.13. The van der Waals surface area contributed by atoms with Crippen molar-refractivity contribution in [1.82, 2.24) is 0 Å². The molecule has 4 rings (SSSR count). The van der Waals surface area contributed by atoms with Crippen LogP contribution in [0.3, 0.4) is 0 Å². The first kappa shape index (κ1) is 17.1. The maximum atomic E-state index is 12.5. The smallest absolute Gasteiger partial charge is 0.265 e. The van der Waals surface area contributed by atoms with E-state index in [1.807, 2.05) is 29.6 Å². The SMILES string of the molecule is COc1ccccc1-c1cc(=O)c2ccc(NC(=O)c3cccs3)cc2o1. The van der Waals surface area contributed by atoms with Gasteiger partial charge in [-0.3, -0.25) is 9.59 Å². The van der Waals surface area contributed by atoms with Gasteiger partial charge in [0, 0.05) is 17.8 Å². The second kappa shape index (κ2) is 7.09. The molecular weight excluding hydrogens is 362 g/mol. The Balaban J connectivity index is 1.76. The minimum atomic E-state index is -0.201. The molecule has 0 radical (unpaired) electrons. The van der Waals surface area contributed by atoms with Crippen molar-refractivity contribution >= 4 is 33.9 Å². The van der Waals surface area contributed by atoms with Crippen LogP contribution in [-0.4, -0.2) is 13.0 Å². The van der Waals surface area contributed by atoms with Crippen LogP contribution in [0.25, 0.3) is 22.3 Å². The summed E-state index contributed by atoms with van der Waals surface area (Å²) in [6, 6.07) is 17.3. The van der Waals surface area contributed by atoms with Crippen LogP contribution in [0.5, 0.6) is 5.75 Å². The first-order valence-electron chi connectivity index (χ1n) is 8.22. The number of fused-ring (bicyclic) bond motifs is 1. The van der Waals surface area contributed by atoms with Crippen molar-refractivity contribution in [1.29, 1.82) is 0 Å². The molecule has 0 atom stereocenters. The normalized spacial score (nSPS) is 10.7. The van der Waals surface area contributed by atoms with E-state index in [1.165, 1.54) is 17.4 Å². The molecule has 0 aliphatic carbocycles. The van der Waals surface area contributed by atoms with Gasteiger partial charge in [-0.2, -0.15) is 0 Å². The predicted octanol–water partition coefficient (Wildman–Crippen LogP) is 4.78. The van der Waals surface area contributed by atoms with Gasteiger partial charge in [-0.15, -0.1) is 11.3 Å². The molecule has 0 bridgehead atoms. The van der Waals surface area contributed by atoms with E-state index in [1.54, 1.807) is 37.4 Å². The molecule has 134 valence electrons. The second-order valence-corrected chi connectivity index (χ2v) is 6.77. The fourth-order valence-corrected chi connectivity index (χ4v) is 3.43. The van der Waals surface area contributed by atoms with E-state index in [-0.39, 0.29) is 11.3 Å². The maximum absolute atomic E-state index is 12.5. The minimum Gasteiger partial charge on any atom is -0.496 e. The molecule has 1 amide bonds. The van der Waals surface area contributed by atoms with E-state index in [4.69, 9.17) is 9.15 Å². The zero-order valence-electron chi connectivity index (χ0n) is 14.4. The third kappa shape index (κ3) is 3.35. The molecule has 0 spiro atoms. The van der Waals surface area contributed by atoms with Gasteiger partial charge in [0.05, 0.1) is 22.9 Å². The average Bonchev–Trinajstić information content (AvgIpc) is 3.22. The van der Waals surface area contributed by atoms with Gasteiger partial charge < -0.3 is 14.5 Å². The number of ether oxygens (including phenoxy) is 1. The lowest BCUT2D eigenvalue weighted by atomic mass is 10.1. The summed E-state index contributed by atoms with van der Waals surface area (Å²) in [4.78, 5) is 25.4. The fourth-order valence-electron chi connectivity index (χ4n) is 2.81. The summed E-state index contributed by atoms with van der Waals surface area (Å²) in [7, 11) is 1.57. The third-order valence-electron chi connectivity index (χ3n) is 4.10. The Hall–Kier alpha value is -3.38. The molecule has 27 heavy (non-hydrogen) atoms. The van der Waals surface area contributed by atoms with Crippen molar-refractivity contribution in [2.24, 2.45) is 0 Å². The van der Waals surface area contributed by atoms with Crippen molar-refractivity contribution in [3.05, 3.63) is 81.1 Å². The molecule has 1 N–H and O–H groups in total. The molecule has 2 aromatic heterocycles. The van der Waals surface area contributed by atoms with Gasteiger partial charge in [0.15, 0.2) is 5.43 Å². The summed E-state index contributed by atoms with van der Waals surface area (Å²) in [5, 5.41) is 5.11.